The molecule has 0 bridgehead atoms. The quantitative estimate of drug-likeness (QED) is 0.192. The van der Waals surface area contributed by atoms with Crippen LogP contribution < -0.4 is 4.90 Å². The van der Waals surface area contributed by atoms with Crippen molar-refractivity contribution in [2.24, 2.45) is 0 Å². The summed E-state index contributed by atoms with van der Waals surface area (Å²) in [4.78, 5) is 2.49. The molecule has 2 aliphatic rings. The van der Waals surface area contributed by atoms with Crippen LogP contribution in [-0.2, 0) is 16.2 Å². The fraction of sp³-hybridized carbons (Fsp3) is 0.217. The van der Waals surface area contributed by atoms with Gasteiger partial charge < -0.3 is 4.90 Å². The maximum absolute atomic E-state index is 2.49. The van der Waals surface area contributed by atoms with Crippen molar-refractivity contribution in [3.05, 3.63) is 161 Å². The van der Waals surface area contributed by atoms with E-state index >= 15 is 0 Å². The average molecular weight is 610 g/mol. The summed E-state index contributed by atoms with van der Waals surface area (Å²) < 4.78 is 0. The van der Waals surface area contributed by atoms with Gasteiger partial charge in [0.05, 0.1) is 5.69 Å². The molecular formula is C46H43N. The average Bonchev–Trinajstić information content (AvgIpc) is 3.44. The number of rotatable bonds is 4. The highest BCUT2D eigenvalue weighted by molar-refractivity contribution is 5.92. The van der Waals surface area contributed by atoms with Gasteiger partial charge in [-0.05, 0) is 91.4 Å². The largest absolute Gasteiger partial charge is 0.310 e. The summed E-state index contributed by atoms with van der Waals surface area (Å²) in [6.07, 6.45) is 0. The standard InChI is InChI=1S/C46H43N/c1-44(2,3)31-22-20-30(21-23-31)34-14-10-13-19-43(34)47(32-24-26-37-35-15-8-11-17-39(35)45(4,5)41(37)28-32)33-25-27-38-36-16-9-12-18-40(36)46(6,7)42(38)29-33/h8-29H,1-7H3. The highest BCUT2D eigenvalue weighted by Gasteiger charge is 2.37. The summed E-state index contributed by atoms with van der Waals surface area (Å²) in [6.45, 7) is 16.3. The van der Waals surface area contributed by atoms with Gasteiger partial charge in [0, 0.05) is 27.8 Å². The summed E-state index contributed by atoms with van der Waals surface area (Å²) >= 11 is 0. The predicted octanol–water partition coefficient (Wildman–Crippen LogP) is 12.7. The van der Waals surface area contributed by atoms with Crippen LogP contribution >= 0.6 is 0 Å². The molecule has 47 heavy (non-hydrogen) atoms. The van der Waals surface area contributed by atoms with Gasteiger partial charge in [-0.1, -0.05) is 152 Å². The highest BCUT2D eigenvalue weighted by atomic mass is 15.1. The minimum Gasteiger partial charge on any atom is -0.310 e. The van der Waals surface area contributed by atoms with Crippen molar-refractivity contribution in [1.29, 1.82) is 0 Å². The minimum absolute atomic E-state index is 0.0858. The van der Waals surface area contributed by atoms with E-state index in [4.69, 9.17) is 0 Å². The molecule has 6 aromatic rings. The van der Waals surface area contributed by atoms with Crippen LogP contribution in [0.25, 0.3) is 33.4 Å². The van der Waals surface area contributed by atoms with Gasteiger partial charge in [0.1, 0.15) is 0 Å². The van der Waals surface area contributed by atoms with Gasteiger partial charge in [0.2, 0.25) is 0 Å². The Morgan fingerprint density at radius 2 is 0.851 bits per heavy atom. The summed E-state index contributed by atoms with van der Waals surface area (Å²) in [7, 11) is 0. The maximum Gasteiger partial charge on any atom is 0.0540 e. The first kappa shape index (κ1) is 29.5. The molecule has 0 aliphatic heterocycles. The van der Waals surface area contributed by atoms with E-state index in [1.165, 1.54) is 78.3 Å². The van der Waals surface area contributed by atoms with Gasteiger partial charge in [-0.15, -0.1) is 0 Å². The topological polar surface area (TPSA) is 3.24 Å². The molecule has 0 unspecified atom stereocenters. The minimum atomic E-state index is -0.0858. The van der Waals surface area contributed by atoms with E-state index in [9.17, 15) is 0 Å². The number of hydrogen-bond acceptors (Lipinski definition) is 1. The Morgan fingerprint density at radius 1 is 0.426 bits per heavy atom. The molecule has 0 atom stereocenters. The van der Waals surface area contributed by atoms with Crippen molar-refractivity contribution in [2.45, 2.75) is 64.7 Å². The molecule has 6 aromatic carbocycles. The Hall–Kier alpha value is -4.88. The third-order valence-electron chi connectivity index (χ3n) is 10.9. The Balaban J connectivity index is 1.34. The first-order valence-corrected chi connectivity index (χ1v) is 17.0. The van der Waals surface area contributed by atoms with Gasteiger partial charge in [0.15, 0.2) is 0 Å². The van der Waals surface area contributed by atoms with Gasteiger partial charge in [-0.25, -0.2) is 0 Å². The summed E-state index contributed by atoms with van der Waals surface area (Å²) in [5.74, 6) is 0. The fourth-order valence-electron chi connectivity index (χ4n) is 8.15. The zero-order valence-corrected chi connectivity index (χ0v) is 28.6. The number of hydrogen-bond donors (Lipinski definition) is 0. The molecule has 8 rings (SSSR count). The lowest BCUT2D eigenvalue weighted by molar-refractivity contribution is 0.590. The highest BCUT2D eigenvalue weighted by Crippen LogP contribution is 2.53. The van der Waals surface area contributed by atoms with Crippen LogP contribution in [0.5, 0.6) is 0 Å². The normalized spacial score (nSPS) is 15.0. The molecule has 1 nitrogen and oxygen atoms in total. The molecule has 0 heterocycles. The lowest BCUT2D eigenvalue weighted by Crippen LogP contribution is -2.18. The molecular weight excluding hydrogens is 567 g/mol. The van der Waals surface area contributed by atoms with E-state index in [0.29, 0.717) is 0 Å². The summed E-state index contributed by atoms with van der Waals surface area (Å²) in [5, 5.41) is 0. The van der Waals surface area contributed by atoms with Crippen molar-refractivity contribution >= 4 is 17.1 Å². The second-order valence-electron chi connectivity index (χ2n) is 15.5. The lowest BCUT2D eigenvalue weighted by Gasteiger charge is -2.31. The number of nitrogens with zero attached hydrogens (tertiary/aromatic N) is 1. The zero-order chi connectivity index (χ0) is 32.7. The number of para-hydroxylation sites is 1. The predicted molar refractivity (Wildman–Crippen MR) is 200 cm³/mol. The second-order valence-corrected chi connectivity index (χ2v) is 15.5. The van der Waals surface area contributed by atoms with Crippen molar-refractivity contribution in [3.8, 4) is 33.4 Å². The van der Waals surface area contributed by atoms with E-state index < -0.39 is 0 Å². The van der Waals surface area contributed by atoms with Crippen LogP contribution in [0.1, 0.15) is 76.3 Å². The van der Waals surface area contributed by atoms with Crippen LogP contribution in [0.15, 0.2) is 133 Å². The molecule has 0 amide bonds. The van der Waals surface area contributed by atoms with Crippen LogP contribution in [0.2, 0.25) is 0 Å². The molecule has 0 N–H and O–H groups in total. The van der Waals surface area contributed by atoms with Crippen molar-refractivity contribution in [2.75, 3.05) is 4.90 Å². The molecule has 0 saturated carbocycles. The Kier molecular flexibility index (Phi) is 6.48. The van der Waals surface area contributed by atoms with E-state index in [0.717, 1.165) is 0 Å². The van der Waals surface area contributed by atoms with Crippen LogP contribution in [0.3, 0.4) is 0 Å². The van der Waals surface area contributed by atoms with Crippen molar-refractivity contribution < 1.29 is 0 Å². The van der Waals surface area contributed by atoms with E-state index in [1.54, 1.807) is 0 Å². The zero-order valence-electron chi connectivity index (χ0n) is 28.6. The molecule has 2 aliphatic carbocycles. The van der Waals surface area contributed by atoms with Gasteiger partial charge in [-0.2, -0.15) is 0 Å². The van der Waals surface area contributed by atoms with E-state index in [-0.39, 0.29) is 16.2 Å². The van der Waals surface area contributed by atoms with Crippen LogP contribution in [0.4, 0.5) is 17.1 Å². The van der Waals surface area contributed by atoms with Gasteiger partial charge in [-0.3, -0.25) is 0 Å². The fourth-order valence-corrected chi connectivity index (χ4v) is 8.15. The third-order valence-corrected chi connectivity index (χ3v) is 10.9. The van der Waals surface area contributed by atoms with Gasteiger partial charge in [0.25, 0.3) is 0 Å². The van der Waals surface area contributed by atoms with E-state index in [2.05, 4.69) is 187 Å². The number of anilines is 3. The Morgan fingerprint density at radius 3 is 1.34 bits per heavy atom. The third kappa shape index (κ3) is 4.51. The number of benzene rings is 6. The van der Waals surface area contributed by atoms with E-state index in [1.807, 2.05) is 0 Å². The smallest absolute Gasteiger partial charge is 0.0540 e. The molecule has 0 radical (unpaired) electrons. The molecule has 0 aromatic heterocycles. The molecule has 0 fully saturated rings. The van der Waals surface area contributed by atoms with Crippen molar-refractivity contribution in [1.82, 2.24) is 0 Å². The first-order chi connectivity index (χ1) is 22.5. The number of fused-ring (bicyclic) bond motifs is 6. The Bertz CT molecular complexity index is 2060. The van der Waals surface area contributed by atoms with Crippen molar-refractivity contribution in [3.63, 3.8) is 0 Å². The summed E-state index contributed by atoms with van der Waals surface area (Å²) in [5.41, 5.74) is 18.2. The summed E-state index contributed by atoms with van der Waals surface area (Å²) in [6, 6.07) is 50.1. The van der Waals surface area contributed by atoms with Crippen LogP contribution in [0, 0.1) is 0 Å². The molecule has 1 heteroatoms. The van der Waals surface area contributed by atoms with Crippen LogP contribution in [-0.4, -0.2) is 0 Å². The second kappa shape index (κ2) is 10.3. The lowest BCUT2D eigenvalue weighted by atomic mass is 9.82. The maximum atomic E-state index is 2.49. The SMILES string of the molecule is CC(C)(C)c1ccc(-c2ccccc2N(c2ccc3c(c2)C(C)(C)c2ccccc2-3)c2ccc3c(c2)C(C)(C)c2ccccc2-3)cc1. The molecule has 232 valence electrons. The first-order valence-electron chi connectivity index (χ1n) is 17.0. The Labute approximate surface area is 280 Å². The monoisotopic (exact) mass is 609 g/mol. The van der Waals surface area contributed by atoms with Gasteiger partial charge >= 0.3 is 0 Å². The molecule has 0 saturated heterocycles. The molecule has 0 spiro atoms.